The van der Waals surface area contributed by atoms with E-state index >= 15 is 0 Å². The quantitative estimate of drug-likeness (QED) is 0.717. The average Bonchev–Trinajstić information content (AvgIpc) is 2.82. The van der Waals surface area contributed by atoms with Gasteiger partial charge in [-0.2, -0.15) is 0 Å². The molecule has 0 spiro atoms. The number of aliphatic imine (C=N–C) groups is 1. The van der Waals surface area contributed by atoms with Crippen LogP contribution in [0.2, 0.25) is 0 Å². The zero-order valence-corrected chi connectivity index (χ0v) is 14.7. The molecule has 2 N–H and O–H groups in total. The highest BCUT2D eigenvalue weighted by Gasteiger charge is 2.07. The normalized spacial score (nSPS) is 14.6. The van der Waals surface area contributed by atoms with Crippen molar-refractivity contribution in [2.75, 3.05) is 19.7 Å². The van der Waals surface area contributed by atoms with Gasteiger partial charge in [0.2, 0.25) is 0 Å². The monoisotopic (exact) mass is 317 g/mol. The number of rotatable bonds is 8. The lowest BCUT2D eigenvalue weighted by atomic mass is 10.1. The summed E-state index contributed by atoms with van der Waals surface area (Å²) in [4.78, 5) is 4.53. The second kappa shape index (κ2) is 10.1. The second-order valence-electron chi connectivity index (χ2n) is 6.24. The fourth-order valence-corrected chi connectivity index (χ4v) is 2.64. The highest BCUT2D eigenvalue weighted by molar-refractivity contribution is 5.80. The molecule has 0 aliphatic carbocycles. The van der Waals surface area contributed by atoms with Gasteiger partial charge in [-0.1, -0.05) is 38.3 Å². The Morgan fingerprint density at radius 1 is 1.22 bits per heavy atom. The Labute approximate surface area is 140 Å². The summed E-state index contributed by atoms with van der Waals surface area (Å²) in [6.07, 6.45) is 7.27. The molecule has 4 nitrogen and oxygen atoms in total. The molecule has 128 valence electrons. The summed E-state index contributed by atoms with van der Waals surface area (Å²) < 4.78 is 6.03. The average molecular weight is 317 g/mol. The van der Waals surface area contributed by atoms with Gasteiger partial charge < -0.3 is 15.4 Å². The van der Waals surface area contributed by atoms with Crippen molar-refractivity contribution in [3.05, 3.63) is 29.3 Å². The molecule has 1 aliphatic heterocycles. The van der Waals surface area contributed by atoms with Crippen LogP contribution in [0.1, 0.15) is 56.6 Å². The van der Waals surface area contributed by atoms with E-state index in [1.54, 1.807) is 0 Å². The first-order chi connectivity index (χ1) is 11.3. The van der Waals surface area contributed by atoms with Crippen molar-refractivity contribution in [1.82, 2.24) is 10.6 Å². The molecule has 4 heteroatoms. The molecule has 0 unspecified atom stereocenters. The lowest BCUT2D eigenvalue weighted by molar-refractivity contribution is 0.301. The van der Waals surface area contributed by atoms with Crippen LogP contribution in [-0.2, 0) is 6.54 Å². The SMILES string of the molecule is CCCCCCOc1cc(C)ccc1CNC1=NCCCCN1. The maximum absolute atomic E-state index is 6.03. The lowest BCUT2D eigenvalue weighted by Gasteiger charge is -2.15. The van der Waals surface area contributed by atoms with E-state index in [9.17, 15) is 0 Å². The maximum Gasteiger partial charge on any atom is 0.191 e. The minimum absolute atomic E-state index is 0.746. The van der Waals surface area contributed by atoms with Crippen LogP contribution in [0.4, 0.5) is 0 Å². The number of ether oxygens (including phenoxy) is 1. The third-order valence-electron chi connectivity index (χ3n) is 4.07. The molecule has 23 heavy (non-hydrogen) atoms. The number of guanidine groups is 1. The smallest absolute Gasteiger partial charge is 0.191 e. The Balaban J connectivity index is 1.88. The van der Waals surface area contributed by atoms with Crippen molar-refractivity contribution in [3.63, 3.8) is 0 Å². The van der Waals surface area contributed by atoms with Gasteiger partial charge in [0.15, 0.2) is 5.96 Å². The molecule has 0 bridgehead atoms. The predicted molar refractivity (Wildman–Crippen MR) is 97.2 cm³/mol. The van der Waals surface area contributed by atoms with E-state index in [4.69, 9.17) is 4.74 Å². The molecule has 0 atom stereocenters. The van der Waals surface area contributed by atoms with Crippen molar-refractivity contribution in [1.29, 1.82) is 0 Å². The summed E-state index contributed by atoms with van der Waals surface area (Å²) in [6.45, 7) is 7.80. The first-order valence-electron chi connectivity index (χ1n) is 9.04. The Morgan fingerprint density at radius 3 is 3.00 bits per heavy atom. The van der Waals surface area contributed by atoms with E-state index in [0.29, 0.717) is 0 Å². The summed E-state index contributed by atoms with van der Waals surface area (Å²) in [5.74, 6) is 1.92. The highest BCUT2D eigenvalue weighted by atomic mass is 16.5. The van der Waals surface area contributed by atoms with Crippen molar-refractivity contribution in [2.24, 2.45) is 4.99 Å². The topological polar surface area (TPSA) is 45.6 Å². The number of hydrogen-bond acceptors (Lipinski definition) is 4. The summed E-state index contributed by atoms with van der Waals surface area (Å²) >= 11 is 0. The van der Waals surface area contributed by atoms with E-state index in [1.165, 1.54) is 36.8 Å². The maximum atomic E-state index is 6.03. The van der Waals surface area contributed by atoms with Crippen LogP contribution in [0.5, 0.6) is 5.75 Å². The molecular weight excluding hydrogens is 286 g/mol. The number of benzene rings is 1. The van der Waals surface area contributed by atoms with Crippen molar-refractivity contribution < 1.29 is 4.74 Å². The van der Waals surface area contributed by atoms with Crippen LogP contribution in [0.25, 0.3) is 0 Å². The van der Waals surface area contributed by atoms with Gasteiger partial charge in [-0.25, -0.2) is 0 Å². The number of unbranched alkanes of at least 4 members (excludes halogenated alkanes) is 3. The molecule has 0 saturated heterocycles. The third kappa shape index (κ3) is 6.51. The summed E-state index contributed by atoms with van der Waals surface area (Å²) in [5, 5.41) is 6.75. The van der Waals surface area contributed by atoms with Crippen LogP contribution < -0.4 is 15.4 Å². The third-order valence-corrected chi connectivity index (χ3v) is 4.07. The fraction of sp³-hybridized carbons (Fsp3) is 0.632. The molecule has 0 fully saturated rings. The molecule has 1 aliphatic rings. The highest BCUT2D eigenvalue weighted by Crippen LogP contribution is 2.21. The molecule has 1 aromatic rings. The van der Waals surface area contributed by atoms with Crippen LogP contribution in [0.3, 0.4) is 0 Å². The van der Waals surface area contributed by atoms with Gasteiger partial charge in [0, 0.05) is 25.2 Å². The van der Waals surface area contributed by atoms with Gasteiger partial charge in [0.25, 0.3) is 0 Å². The number of aryl methyl sites for hydroxylation is 1. The first kappa shape index (κ1) is 17.6. The Bertz CT molecular complexity index is 499. The van der Waals surface area contributed by atoms with Gasteiger partial charge in [-0.05, 0) is 37.8 Å². The zero-order chi connectivity index (χ0) is 16.3. The van der Waals surface area contributed by atoms with E-state index in [0.717, 1.165) is 50.8 Å². The van der Waals surface area contributed by atoms with Crippen molar-refractivity contribution in [2.45, 2.75) is 58.9 Å². The second-order valence-corrected chi connectivity index (χ2v) is 6.24. The van der Waals surface area contributed by atoms with Gasteiger partial charge >= 0.3 is 0 Å². The van der Waals surface area contributed by atoms with Crippen molar-refractivity contribution >= 4 is 5.96 Å². The largest absolute Gasteiger partial charge is 0.493 e. The number of nitrogens with one attached hydrogen (secondary N) is 2. The Kier molecular flexibility index (Phi) is 7.78. The zero-order valence-electron chi connectivity index (χ0n) is 14.7. The van der Waals surface area contributed by atoms with Gasteiger partial charge in [0.1, 0.15) is 5.75 Å². The van der Waals surface area contributed by atoms with Crippen LogP contribution >= 0.6 is 0 Å². The summed E-state index contributed by atoms with van der Waals surface area (Å²) in [6, 6.07) is 6.43. The first-order valence-corrected chi connectivity index (χ1v) is 9.04. The molecule has 0 aromatic heterocycles. The van der Waals surface area contributed by atoms with Gasteiger partial charge in [-0.3, -0.25) is 4.99 Å². The summed E-state index contributed by atoms with van der Waals surface area (Å²) in [5.41, 5.74) is 2.43. The molecule has 0 amide bonds. The molecule has 0 saturated carbocycles. The fourth-order valence-electron chi connectivity index (χ4n) is 2.64. The minimum atomic E-state index is 0.746. The van der Waals surface area contributed by atoms with Crippen molar-refractivity contribution in [3.8, 4) is 5.75 Å². The molecule has 2 rings (SSSR count). The standard InChI is InChI=1S/C19H31N3O/c1-3-4-5-8-13-23-18-14-16(2)9-10-17(18)15-22-19-20-11-6-7-12-21-19/h9-10,14H,3-8,11-13,15H2,1-2H3,(H2,20,21,22). The lowest BCUT2D eigenvalue weighted by Crippen LogP contribution is -2.36. The molecule has 1 aromatic carbocycles. The van der Waals surface area contributed by atoms with E-state index < -0.39 is 0 Å². The number of hydrogen-bond donors (Lipinski definition) is 2. The molecule has 1 heterocycles. The van der Waals surface area contributed by atoms with Crippen LogP contribution in [0, 0.1) is 6.92 Å². The van der Waals surface area contributed by atoms with E-state index in [1.807, 2.05) is 0 Å². The number of nitrogens with zero attached hydrogens (tertiary/aromatic N) is 1. The summed E-state index contributed by atoms with van der Waals surface area (Å²) in [7, 11) is 0. The predicted octanol–water partition coefficient (Wildman–Crippen LogP) is 3.78. The van der Waals surface area contributed by atoms with Gasteiger partial charge in [0.05, 0.1) is 6.61 Å². The molecule has 0 radical (unpaired) electrons. The Hall–Kier alpha value is -1.71. The minimum Gasteiger partial charge on any atom is -0.493 e. The van der Waals surface area contributed by atoms with Gasteiger partial charge in [-0.15, -0.1) is 0 Å². The molecular formula is C19H31N3O. The van der Waals surface area contributed by atoms with Crippen LogP contribution in [0.15, 0.2) is 23.2 Å². The van der Waals surface area contributed by atoms with Crippen LogP contribution in [-0.4, -0.2) is 25.7 Å². The Morgan fingerprint density at radius 2 is 2.13 bits per heavy atom. The van der Waals surface area contributed by atoms with E-state index in [-0.39, 0.29) is 0 Å². The van der Waals surface area contributed by atoms with E-state index in [2.05, 4.69) is 47.7 Å².